The Kier molecular flexibility index (Phi) is 7.96. The van der Waals surface area contributed by atoms with Gasteiger partial charge in [0.1, 0.15) is 0 Å². The maximum absolute atomic E-state index is 12.5. The minimum atomic E-state index is -0.0144. The number of para-hydroxylation sites is 1. The van der Waals surface area contributed by atoms with E-state index in [1.165, 1.54) is 5.56 Å². The lowest BCUT2D eigenvalue weighted by atomic mass is 10.2. The van der Waals surface area contributed by atoms with Gasteiger partial charge in [-0.15, -0.1) is 24.8 Å². The molecule has 2 amide bonds. The molecule has 2 aliphatic rings. The number of nitrogens with two attached hydrogens (primary N) is 1. The van der Waals surface area contributed by atoms with Gasteiger partial charge in [-0.05, 0) is 18.1 Å². The van der Waals surface area contributed by atoms with Crippen molar-refractivity contribution in [3.8, 4) is 0 Å². The largest absolute Gasteiger partial charge is 0.339 e. The van der Waals surface area contributed by atoms with Crippen molar-refractivity contribution in [3.05, 3.63) is 29.8 Å². The van der Waals surface area contributed by atoms with E-state index in [2.05, 4.69) is 11.0 Å². The summed E-state index contributed by atoms with van der Waals surface area (Å²) in [5.74, 6) is 0.128. The van der Waals surface area contributed by atoms with Crippen molar-refractivity contribution < 1.29 is 9.59 Å². The molecule has 0 unspecified atom stereocenters. The van der Waals surface area contributed by atoms with Crippen LogP contribution in [0.3, 0.4) is 0 Å². The highest BCUT2D eigenvalue weighted by atomic mass is 35.5. The van der Waals surface area contributed by atoms with Crippen LogP contribution >= 0.6 is 24.8 Å². The van der Waals surface area contributed by atoms with Crippen LogP contribution in [0.2, 0.25) is 0 Å². The number of carbonyl (C=O) groups is 2. The number of nitrogens with zero attached hydrogens (tertiary/aromatic N) is 3. The first kappa shape index (κ1) is 20.7. The van der Waals surface area contributed by atoms with E-state index in [-0.39, 0.29) is 43.2 Å². The van der Waals surface area contributed by atoms with Crippen LogP contribution in [-0.4, -0.2) is 67.4 Å². The van der Waals surface area contributed by atoms with E-state index in [4.69, 9.17) is 5.73 Å². The van der Waals surface area contributed by atoms with E-state index in [1.807, 2.05) is 23.1 Å². The number of amides is 2. The molecule has 24 heavy (non-hydrogen) atoms. The van der Waals surface area contributed by atoms with Crippen LogP contribution in [-0.2, 0) is 16.0 Å². The fourth-order valence-electron chi connectivity index (χ4n) is 3.16. The first-order valence-corrected chi connectivity index (χ1v) is 7.77. The third-order valence-electron chi connectivity index (χ3n) is 4.45. The maximum Gasteiger partial charge on any atom is 0.241 e. The second-order valence-corrected chi connectivity index (χ2v) is 5.79. The molecule has 2 heterocycles. The predicted molar refractivity (Wildman–Crippen MR) is 99.1 cm³/mol. The number of benzene rings is 1. The SMILES string of the molecule is Cl.Cl.NCC(=O)N1CCN(CC(=O)N2CCc3ccccc32)CC1. The maximum atomic E-state index is 12.5. The molecule has 0 bridgehead atoms. The lowest BCUT2D eigenvalue weighted by Crippen LogP contribution is -2.52. The Morgan fingerprint density at radius 3 is 2.29 bits per heavy atom. The fourth-order valence-corrected chi connectivity index (χ4v) is 3.16. The minimum absolute atomic E-state index is 0. The molecular formula is C16H24Cl2N4O2. The predicted octanol–water partition coefficient (Wildman–Crippen LogP) is 0.522. The van der Waals surface area contributed by atoms with Gasteiger partial charge >= 0.3 is 0 Å². The smallest absolute Gasteiger partial charge is 0.241 e. The molecule has 3 rings (SSSR count). The van der Waals surface area contributed by atoms with Crippen LogP contribution in [0.15, 0.2) is 24.3 Å². The summed E-state index contributed by atoms with van der Waals surface area (Å²) >= 11 is 0. The van der Waals surface area contributed by atoms with Gasteiger partial charge in [0.15, 0.2) is 0 Å². The van der Waals surface area contributed by atoms with Gasteiger partial charge in [-0.3, -0.25) is 14.5 Å². The van der Waals surface area contributed by atoms with Crippen LogP contribution in [0, 0.1) is 0 Å². The van der Waals surface area contributed by atoms with Gasteiger partial charge in [-0.2, -0.15) is 0 Å². The standard InChI is InChI=1S/C16H22N4O2.2ClH/c17-11-15(21)19-9-7-18(8-10-19)12-16(22)20-6-5-13-3-1-2-4-14(13)20;;/h1-4H,5-12,17H2;2*1H. The molecule has 0 saturated carbocycles. The fraction of sp³-hybridized carbons (Fsp3) is 0.500. The van der Waals surface area contributed by atoms with E-state index < -0.39 is 0 Å². The summed E-state index contributed by atoms with van der Waals surface area (Å²) in [6.07, 6.45) is 0.931. The van der Waals surface area contributed by atoms with Crippen molar-refractivity contribution >= 4 is 42.3 Å². The van der Waals surface area contributed by atoms with Crippen LogP contribution in [0.4, 0.5) is 5.69 Å². The van der Waals surface area contributed by atoms with Crippen LogP contribution in [0.25, 0.3) is 0 Å². The van der Waals surface area contributed by atoms with E-state index in [0.717, 1.165) is 31.7 Å². The van der Waals surface area contributed by atoms with E-state index in [9.17, 15) is 9.59 Å². The molecular weight excluding hydrogens is 351 g/mol. The average molecular weight is 375 g/mol. The summed E-state index contributed by atoms with van der Waals surface area (Å²) in [5.41, 5.74) is 7.67. The van der Waals surface area contributed by atoms with Crippen molar-refractivity contribution in [1.29, 1.82) is 0 Å². The first-order valence-electron chi connectivity index (χ1n) is 7.77. The zero-order valence-electron chi connectivity index (χ0n) is 13.5. The van der Waals surface area contributed by atoms with Gasteiger partial charge in [0.05, 0.1) is 13.1 Å². The molecule has 0 spiro atoms. The summed E-state index contributed by atoms with van der Waals surface area (Å²) in [7, 11) is 0. The van der Waals surface area contributed by atoms with E-state index in [1.54, 1.807) is 4.90 Å². The molecule has 8 heteroatoms. The number of hydrogen-bond donors (Lipinski definition) is 1. The highest BCUT2D eigenvalue weighted by Crippen LogP contribution is 2.27. The van der Waals surface area contributed by atoms with Gasteiger partial charge < -0.3 is 15.5 Å². The van der Waals surface area contributed by atoms with Gasteiger partial charge in [-0.25, -0.2) is 0 Å². The summed E-state index contributed by atoms with van der Waals surface area (Å²) < 4.78 is 0. The molecule has 0 radical (unpaired) electrons. The molecule has 2 aliphatic heterocycles. The summed E-state index contributed by atoms with van der Waals surface area (Å²) in [5, 5.41) is 0. The monoisotopic (exact) mass is 374 g/mol. The van der Waals surface area contributed by atoms with Gasteiger partial charge in [0.2, 0.25) is 11.8 Å². The van der Waals surface area contributed by atoms with Crippen molar-refractivity contribution in [2.24, 2.45) is 5.73 Å². The van der Waals surface area contributed by atoms with E-state index in [0.29, 0.717) is 19.6 Å². The van der Waals surface area contributed by atoms with Crippen LogP contribution in [0.1, 0.15) is 5.56 Å². The molecule has 1 aromatic rings. The number of rotatable bonds is 3. The molecule has 1 aromatic carbocycles. The zero-order chi connectivity index (χ0) is 15.5. The summed E-state index contributed by atoms with van der Waals surface area (Å²) in [4.78, 5) is 29.8. The third kappa shape index (κ3) is 4.39. The number of halogens is 2. The topological polar surface area (TPSA) is 69.9 Å². The molecule has 0 aliphatic carbocycles. The molecule has 0 aromatic heterocycles. The van der Waals surface area contributed by atoms with Crippen LogP contribution < -0.4 is 10.6 Å². The Hall–Kier alpha value is -1.34. The number of piperazine rings is 1. The minimum Gasteiger partial charge on any atom is -0.339 e. The van der Waals surface area contributed by atoms with Gasteiger partial charge in [0.25, 0.3) is 0 Å². The lowest BCUT2D eigenvalue weighted by Gasteiger charge is -2.34. The normalized spacial score (nSPS) is 16.9. The van der Waals surface area contributed by atoms with Crippen molar-refractivity contribution in [2.75, 3.05) is 50.7 Å². The lowest BCUT2D eigenvalue weighted by molar-refractivity contribution is -0.131. The number of anilines is 1. The van der Waals surface area contributed by atoms with Gasteiger partial charge in [-0.1, -0.05) is 18.2 Å². The van der Waals surface area contributed by atoms with Crippen molar-refractivity contribution in [3.63, 3.8) is 0 Å². The Morgan fingerprint density at radius 1 is 0.958 bits per heavy atom. The Labute approximate surface area is 154 Å². The second kappa shape index (κ2) is 9.22. The summed E-state index contributed by atoms with van der Waals surface area (Å²) in [6, 6.07) is 8.08. The van der Waals surface area contributed by atoms with Crippen molar-refractivity contribution in [2.45, 2.75) is 6.42 Å². The molecule has 2 N–H and O–H groups in total. The molecule has 134 valence electrons. The Morgan fingerprint density at radius 2 is 1.62 bits per heavy atom. The Bertz CT molecular complexity index is 577. The second-order valence-electron chi connectivity index (χ2n) is 5.79. The average Bonchev–Trinajstić information content (AvgIpc) is 2.99. The highest BCUT2D eigenvalue weighted by Gasteiger charge is 2.27. The quantitative estimate of drug-likeness (QED) is 0.837. The van der Waals surface area contributed by atoms with E-state index >= 15 is 0 Å². The number of hydrogen-bond acceptors (Lipinski definition) is 4. The number of carbonyl (C=O) groups excluding carboxylic acids is 2. The van der Waals surface area contributed by atoms with Crippen LogP contribution in [0.5, 0.6) is 0 Å². The first-order chi connectivity index (χ1) is 10.7. The van der Waals surface area contributed by atoms with Crippen molar-refractivity contribution in [1.82, 2.24) is 9.80 Å². The Balaban J connectivity index is 0.00000144. The van der Waals surface area contributed by atoms with Gasteiger partial charge in [0, 0.05) is 38.4 Å². The molecule has 0 atom stereocenters. The molecule has 1 fully saturated rings. The third-order valence-corrected chi connectivity index (χ3v) is 4.45. The molecule has 1 saturated heterocycles. The zero-order valence-corrected chi connectivity index (χ0v) is 15.2. The summed E-state index contributed by atoms with van der Waals surface area (Å²) in [6.45, 7) is 4.01. The number of fused-ring (bicyclic) bond motifs is 1. The molecule has 6 nitrogen and oxygen atoms in total. The highest BCUT2D eigenvalue weighted by molar-refractivity contribution is 5.96.